The third kappa shape index (κ3) is 3.77. The zero-order valence-corrected chi connectivity index (χ0v) is 14.3. The monoisotopic (exact) mass is 406 g/mol. The van der Waals surface area contributed by atoms with E-state index in [9.17, 15) is 17.6 Å². The summed E-state index contributed by atoms with van der Waals surface area (Å²) in [6.07, 6.45) is -1.88. The molecule has 0 saturated carbocycles. The molecule has 0 aliphatic rings. The fourth-order valence-electron chi connectivity index (χ4n) is 2.47. The standard InChI is InChI=1S/C17H10F4N6O2/c18-10-3-8(16-25-26-17(28-16)14(20)21)4-11(19)9(10)5-13-24-15(29-27-13)7-1-2-12(22)23-6-7/h1-4,6,14H,5H2,(H2,22,23). The van der Waals surface area contributed by atoms with E-state index in [2.05, 4.69) is 25.3 Å². The molecule has 2 N–H and O–H groups in total. The number of pyridine rings is 1. The normalized spacial score (nSPS) is 11.3. The zero-order valence-electron chi connectivity index (χ0n) is 14.3. The second kappa shape index (κ2) is 7.30. The minimum absolute atomic E-state index is 0.0279. The van der Waals surface area contributed by atoms with Crippen molar-refractivity contribution < 1.29 is 26.5 Å². The van der Waals surface area contributed by atoms with Crippen molar-refractivity contribution in [3.05, 3.63) is 59.4 Å². The van der Waals surface area contributed by atoms with E-state index in [4.69, 9.17) is 14.7 Å². The number of nitrogens with two attached hydrogens (primary N) is 1. The lowest BCUT2D eigenvalue weighted by atomic mass is 10.1. The van der Waals surface area contributed by atoms with Crippen LogP contribution in [-0.4, -0.2) is 25.3 Å². The molecule has 0 saturated heterocycles. The zero-order chi connectivity index (χ0) is 20.5. The van der Waals surface area contributed by atoms with E-state index in [1.165, 1.54) is 12.3 Å². The van der Waals surface area contributed by atoms with Gasteiger partial charge in [0.15, 0.2) is 5.82 Å². The Hall–Kier alpha value is -3.83. The molecule has 4 rings (SSSR count). The molecule has 0 atom stereocenters. The number of aromatic nitrogens is 5. The van der Waals surface area contributed by atoms with Gasteiger partial charge >= 0.3 is 6.43 Å². The first-order valence-electron chi connectivity index (χ1n) is 8.05. The summed E-state index contributed by atoms with van der Waals surface area (Å²) >= 11 is 0. The summed E-state index contributed by atoms with van der Waals surface area (Å²) in [5.74, 6) is -2.85. The van der Waals surface area contributed by atoms with Gasteiger partial charge in [0, 0.05) is 23.7 Å². The van der Waals surface area contributed by atoms with Crippen molar-refractivity contribution in [1.82, 2.24) is 25.3 Å². The number of benzene rings is 1. The molecule has 0 amide bonds. The van der Waals surface area contributed by atoms with Crippen LogP contribution < -0.4 is 5.73 Å². The Morgan fingerprint density at radius 1 is 1.00 bits per heavy atom. The van der Waals surface area contributed by atoms with E-state index >= 15 is 0 Å². The molecular formula is C17H10F4N6O2. The fourth-order valence-corrected chi connectivity index (χ4v) is 2.47. The van der Waals surface area contributed by atoms with Crippen molar-refractivity contribution in [2.75, 3.05) is 5.73 Å². The molecule has 0 radical (unpaired) electrons. The summed E-state index contributed by atoms with van der Waals surface area (Å²) in [5, 5.41) is 10.2. The Balaban J connectivity index is 1.58. The van der Waals surface area contributed by atoms with Crippen LogP contribution in [-0.2, 0) is 6.42 Å². The van der Waals surface area contributed by atoms with Crippen molar-refractivity contribution in [3.8, 4) is 22.9 Å². The number of hydrogen-bond acceptors (Lipinski definition) is 8. The first kappa shape index (κ1) is 18.5. The molecule has 0 fully saturated rings. The molecule has 1 aromatic carbocycles. The van der Waals surface area contributed by atoms with E-state index in [-0.39, 0.29) is 29.3 Å². The Labute approximate surface area is 159 Å². The van der Waals surface area contributed by atoms with Crippen LogP contribution in [0.4, 0.5) is 23.4 Å². The number of nitrogen functional groups attached to an aromatic ring is 1. The number of halogens is 4. The third-order valence-corrected chi connectivity index (χ3v) is 3.85. The molecule has 148 valence electrons. The highest BCUT2D eigenvalue weighted by atomic mass is 19.3. The number of rotatable bonds is 5. The minimum Gasteiger partial charge on any atom is -0.415 e. The van der Waals surface area contributed by atoms with Gasteiger partial charge in [-0.15, -0.1) is 10.2 Å². The third-order valence-electron chi connectivity index (χ3n) is 3.85. The smallest absolute Gasteiger partial charge is 0.314 e. The van der Waals surface area contributed by atoms with E-state index in [1.54, 1.807) is 6.07 Å². The van der Waals surface area contributed by atoms with Crippen molar-refractivity contribution in [3.63, 3.8) is 0 Å². The molecule has 0 unspecified atom stereocenters. The highest BCUT2D eigenvalue weighted by molar-refractivity contribution is 5.55. The lowest BCUT2D eigenvalue weighted by Crippen LogP contribution is -2.00. The second-order valence-electron chi connectivity index (χ2n) is 5.83. The highest BCUT2D eigenvalue weighted by Crippen LogP contribution is 2.27. The van der Waals surface area contributed by atoms with Gasteiger partial charge in [0.25, 0.3) is 11.8 Å². The van der Waals surface area contributed by atoms with E-state index in [0.717, 1.165) is 12.1 Å². The quantitative estimate of drug-likeness (QED) is 0.500. The van der Waals surface area contributed by atoms with Gasteiger partial charge in [0.2, 0.25) is 5.89 Å². The summed E-state index contributed by atoms with van der Waals surface area (Å²) in [4.78, 5) is 7.97. The van der Waals surface area contributed by atoms with Crippen LogP contribution >= 0.6 is 0 Å². The van der Waals surface area contributed by atoms with Crippen LogP contribution in [0.2, 0.25) is 0 Å². The summed E-state index contributed by atoms with van der Waals surface area (Å²) in [6.45, 7) is 0. The first-order valence-corrected chi connectivity index (χ1v) is 8.05. The average Bonchev–Trinajstić information content (AvgIpc) is 3.35. The van der Waals surface area contributed by atoms with E-state index in [0.29, 0.717) is 11.4 Å². The summed E-state index contributed by atoms with van der Waals surface area (Å²) in [7, 11) is 0. The van der Waals surface area contributed by atoms with E-state index < -0.39 is 29.8 Å². The summed E-state index contributed by atoms with van der Waals surface area (Å²) in [6, 6.07) is 4.93. The molecule has 0 bridgehead atoms. The first-order chi connectivity index (χ1) is 13.9. The minimum atomic E-state index is -2.99. The lowest BCUT2D eigenvalue weighted by molar-refractivity contribution is 0.116. The molecule has 3 aromatic heterocycles. The van der Waals surface area contributed by atoms with Crippen molar-refractivity contribution in [1.29, 1.82) is 0 Å². The molecule has 0 spiro atoms. The van der Waals surface area contributed by atoms with Crippen LogP contribution in [0.25, 0.3) is 22.9 Å². The van der Waals surface area contributed by atoms with Gasteiger partial charge in [0.05, 0.1) is 5.56 Å². The van der Waals surface area contributed by atoms with Crippen LogP contribution in [0.3, 0.4) is 0 Å². The second-order valence-corrected chi connectivity index (χ2v) is 5.83. The van der Waals surface area contributed by atoms with Gasteiger partial charge in [-0.1, -0.05) is 5.16 Å². The number of nitrogens with zero attached hydrogens (tertiary/aromatic N) is 5. The maximum absolute atomic E-state index is 14.4. The molecule has 4 aromatic rings. The van der Waals surface area contributed by atoms with Crippen molar-refractivity contribution in [2.24, 2.45) is 0 Å². The van der Waals surface area contributed by atoms with Gasteiger partial charge < -0.3 is 14.7 Å². The molecule has 8 nitrogen and oxygen atoms in total. The predicted molar refractivity (Wildman–Crippen MR) is 89.4 cm³/mol. The topological polar surface area (TPSA) is 117 Å². The van der Waals surface area contributed by atoms with E-state index in [1.807, 2.05) is 0 Å². The van der Waals surface area contributed by atoms with Gasteiger partial charge in [0.1, 0.15) is 17.5 Å². The van der Waals surface area contributed by atoms with Gasteiger partial charge in [-0.05, 0) is 24.3 Å². The SMILES string of the molecule is Nc1ccc(-c2nc(Cc3c(F)cc(-c4nnc(C(F)F)o4)cc3F)no2)cn1. The Morgan fingerprint density at radius 3 is 2.38 bits per heavy atom. The van der Waals surface area contributed by atoms with Gasteiger partial charge in [-0.2, -0.15) is 13.8 Å². The van der Waals surface area contributed by atoms with Crippen LogP contribution in [0.5, 0.6) is 0 Å². The van der Waals surface area contributed by atoms with Crippen molar-refractivity contribution in [2.45, 2.75) is 12.8 Å². The summed E-state index contributed by atoms with van der Waals surface area (Å²) in [5.41, 5.74) is 5.47. The van der Waals surface area contributed by atoms with Crippen LogP contribution in [0, 0.1) is 11.6 Å². The van der Waals surface area contributed by atoms with Crippen LogP contribution in [0.1, 0.15) is 23.7 Å². The molecule has 0 aliphatic carbocycles. The number of hydrogen-bond donors (Lipinski definition) is 1. The highest BCUT2D eigenvalue weighted by Gasteiger charge is 2.21. The van der Waals surface area contributed by atoms with Gasteiger partial charge in [-0.3, -0.25) is 0 Å². The van der Waals surface area contributed by atoms with Gasteiger partial charge in [-0.25, -0.2) is 13.8 Å². The maximum Gasteiger partial charge on any atom is 0.314 e. The van der Waals surface area contributed by atoms with Crippen molar-refractivity contribution >= 4 is 5.82 Å². The van der Waals surface area contributed by atoms with Crippen LogP contribution in [0.15, 0.2) is 39.4 Å². The Bertz CT molecular complexity index is 1140. The largest absolute Gasteiger partial charge is 0.415 e. The fraction of sp³-hybridized carbons (Fsp3) is 0.118. The summed E-state index contributed by atoms with van der Waals surface area (Å²) < 4.78 is 63.7. The maximum atomic E-state index is 14.4. The number of anilines is 1. The molecule has 0 aliphatic heterocycles. The number of alkyl halides is 2. The molecule has 3 heterocycles. The predicted octanol–water partition coefficient (Wildman–Crippen LogP) is 3.57. The molecule has 12 heteroatoms. The lowest BCUT2D eigenvalue weighted by Gasteiger charge is -2.04. The molecular weight excluding hydrogens is 396 g/mol. The Morgan fingerprint density at radius 2 is 1.76 bits per heavy atom. The molecule has 29 heavy (non-hydrogen) atoms. The Kier molecular flexibility index (Phi) is 4.66. The average molecular weight is 406 g/mol.